The van der Waals surface area contributed by atoms with Crippen molar-refractivity contribution in [2.24, 2.45) is 0 Å². The molecule has 5 heteroatoms. The molecular weight excluding hydrogens is 329 g/mol. The summed E-state index contributed by atoms with van der Waals surface area (Å²) < 4.78 is 0.783. The summed E-state index contributed by atoms with van der Waals surface area (Å²) in [6.07, 6.45) is 6.07. The van der Waals surface area contributed by atoms with E-state index < -0.39 is 0 Å². The second-order valence-corrected chi connectivity index (χ2v) is 5.99. The Labute approximate surface area is 114 Å². The van der Waals surface area contributed by atoms with Gasteiger partial charge in [-0.2, -0.15) is 0 Å². The average molecular weight is 345 g/mol. The maximum absolute atomic E-state index is 11.9. The van der Waals surface area contributed by atoms with Gasteiger partial charge in [-0.15, -0.1) is 0 Å². The molecule has 1 aliphatic heterocycles. The summed E-state index contributed by atoms with van der Waals surface area (Å²) in [6, 6.07) is 0. The van der Waals surface area contributed by atoms with E-state index in [4.69, 9.17) is 0 Å². The Balaban J connectivity index is 1.96. The van der Waals surface area contributed by atoms with Crippen LogP contribution in [0.25, 0.3) is 0 Å². The van der Waals surface area contributed by atoms with Crippen LogP contribution in [0.15, 0.2) is 4.79 Å². The van der Waals surface area contributed by atoms with Crippen molar-refractivity contribution >= 4 is 28.5 Å². The third-order valence-electron chi connectivity index (χ3n) is 3.50. The van der Waals surface area contributed by atoms with Crippen LogP contribution in [0.5, 0.6) is 0 Å². The SMILES string of the molecule is O=c1[nH]c(N2CCCCC2)nc(C2CC2)c1I. The molecule has 0 bridgehead atoms. The van der Waals surface area contributed by atoms with Crippen LogP contribution in [0.1, 0.15) is 43.7 Å². The molecule has 0 unspecified atom stereocenters. The van der Waals surface area contributed by atoms with Crippen molar-refractivity contribution in [1.29, 1.82) is 0 Å². The van der Waals surface area contributed by atoms with Crippen molar-refractivity contribution in [2.45, 2.75) is 38.0 Å². The van der Waals surface area contributed by atoms with E-state index in [2.05, 4.69) is 37.5 Å². The van der Waals surface area contributed by atoms with E-state index >= 15 is 0 Å². The molecule has 92 valence electrons. The molecule has 2 heterocycles. The van der Waals surface area contributed by atoms with Gasteiger partial charge in [-0.25, -0.2) is 4.98 Å². The number of rotatable bonds is 2. The van der Waals surface area contributed by atoms with Crippen molar-refractivity contribution in [3.8, 4) is 0 Å². The van der Waals surface area contributed by atoms with Crippen LogP contribution < -0.4 is 10.5 Å². The van der Waals surface area contributed by atoms with E-state index in [0.29, 0.717) is 5.92 Å². The molecule has 1 saturated heterocycles. The zero-order valence-corrected chi connectivity index (χ0v) is 11.9. The molecule has 0 spiro atoms. The van der Waals surface area contributed by atoms with E-state index in [1.807, 2.05) is 0 Å². The molecule has 0 radical (unpaired) electrons. The molecule has 1 saturated carbocycles. The van der Waals surface area contributed by atoms with Crippen molar-refractivity contribution < 1.29 is 0 Å². The number of hydrogen-bond donors (Lipinski definition) is 1. The molecular formula is C12H16IN3O. The van der Waals surface area contributed by atoms with Crippen LogP contribution in [0.2, 0.25) is 0 Å². The Bertz CT molecular complexity index is 475. The first-order valence-corrected chi connectivity index (χ1v) is 7.38. The molecule has 3 rings (SSSR count). The lowest BCUT2D eigenvalue weighted by Crippen LogP contribution is -2.33. The largest absolute Gasteiger partial charge is 0.342 e. The van der Waals surface area contributed by atoms with Gasteiger partial charge in [-0.1, -0.05) is 0 Å². The Kier molecular flexibility index (Phi) is 3.10. The molecule has 0 aromatic carbocycles. The van der Waals surface area contributed by atoms with Crippen molar-refractivity contribution in [3.05, 3.63) is 19.6 Å². The quantitative estimate of drug-likeness (QED) is 0.837. The summed E-state index contributed by atoms with van der Waals surface area (Å²) in [4.78, 5) is 21.7. The summed E-state index contributed by atoms with van der Waals surface area (Å²) in [5, 5.41) is 0. The first kappa shape index (κ1) is 11.5. The van der Waals surface area contributed by atoms with Gasteiger partial charge in [0.1, 0.15) is 3.57 Å². The van der Waals surface area contributed by atoms with Crippen LogP contribution in [-0.4, -0.2) is 23.1 Å². The second kappa shape index (κ2) is 4.59. The third kappa shape index (κ3) is 2.34. The minimum absolute atomic E-state index is 0.0306. The zero-order chi connectivity index (χ0) is 11.8. The van der Waals surface area contributed by atoms with E-state index in [1.54, 1.807) is 0 Å². The second-order valence-electron chi connectivity index (χ2n) is 4.91. The molecule has 1 aromatic heterocycles. The van der Waals surface area contributed by atoms with Gasteiger partial charge < -0.3 is 4.90 Å². The van der Waals surface area contributed by atoms with E-state index in [0.717, 1.165) is 28.3 Å². The average Bonchev–Trinajstić information content (AvgIpc) is 3.18. The van der Waals surface area contributed by atoms with Gasteiger partial charge in [0.15, 0.2) is 0 Å². The van der Waals surface area contributed by atoms with Crippen LogP contribution in [0, 0.1) is 3.57 Å². The summed E-state index contributed by atoms with van der Waals surface area (Å²) in [6.45, 7) is 2.04. The smallest absolute Gasteiger partial charge is 0.266 e. The Hall–Kier alpha value is -0.590. The lowest BCUT2D eigenvalue weighted by Gasteiger charge is -2.27. The predicted molar refractivity (Wildman–Crippen MR) is 75.6 cm³/mol. The highest BCUT2D eigenvalue weighted by atomic mass is 127. The number of aromatic amines is 1. The van der Waals surface area contributed by atoms with Crippen LogP contribution in [-0.2, 0) is 0 Å². The normalized spacial score (nSPS) is 20.6. The standard InChI is InChI=1S/C12H16IN3O/c13-9-10(8-4-5-8)14-12(15-11(9)17)16-6-2-1-3-7-16/h8H,1-7H2,(H,14,15,17). The molecule has 0 amide bonds. The molecule has 17 heavy (non-hydrogen) atoms. The Morgan fingerprint density at radius 3 is 2.59 bits per heavy atom. The minimum atomic E-state index is 0.0306. The van der Waals surface area contributed by atoms with Gasteiger partial charge in [0.2, 0.25) is 5.95 Å². The molecule has 1 aliphatic carbocycles. The third-order valence-corrected chi connectivity index (χ3v) is 4.54. The van der Waals surface area contributed by atoms with Gasteiger partial charge in [0, 0.05) is 19.0 Å². The van der Waals surface area contributed by atoms with Crippen molar-refractivity contribution in [2.75, 3.05) is 18.0 Å². The topological polar surface area (TPSA) is 49.0 Å². The van der Waals surface area contributed by atoms with Gasteiger partial charge in [0.05, 0.1) is 5.69 Å². The highest BCUT2D eigenvalue weighted by molar-refractivity contribution is 14.1. The number of halogens is 1. The number of hydrogen-bond acceptors (Lipinski definition) is 3. The van der Waals surface area contributed by atoms with E-state index in [9.17, 15) is 4.79 Å². The number of anilines is 1. The van der Waals surface area contributed by atoms with Gasteiger partial charge in [-0.3, -0.25) is 9.78 Å². The van der Waals surface area contributed by atoms with Crippen LogP contribution >= 0.6 is 22.6 Å². The lowest BCUT2D eigenvalue weighted by molar-refractivity contribution is 0.566. The maximum atomic E-state index is 11.9. The fourth-order valence-electron chi connectivity index (χ4n) is 2.35. The summed E-state index contributed by atoms with van der Waals surface area (Å²) in [7, 11) is 0. The monoisotopic (exact) mass is 345 g/mol. The van der Waals surface area contributed by atoms with Crippen LogP contribution in [0.3, 0.4) is 0 Å². The van der Waals surface area contributed by atoms with E-state index in [-0.39, 0.29) is 5.56 Å². The number of H-pyrrole nitrogens is 1. The highest BCUT2D eigenvalue weighted by Gasteiger charge is 2.29. The maximum Gasteiger partial charge on any atom is 0.266 e. The van der Waals surface area contributed by atoms with Crippen LogP contribution in [0.4, 0.5) is 5.95 Å². The fourth-order valence-corrected chi connectivity index (χ4v) is 3.04. The summed E-state index contributed by atoms with van der Waals surface area (Å²) >= 11 is 2.12. The summed E-state index contributed by atoms with van der Waals surface area (Å²) in [5.74, 6) is 1.32. The summed E-state index contributed by atoms with van der Waals surface area (Å²) in [5.41, 5.74) is 1.05. The molecule has 1 N–H and O–H groups in total. The number of nitrogens with one attached hydrogen (secondary N) is 1. The highest BCUT2D eigenvalue weighted by Crippen LogP contribution is 2.40. The van der Waals surface area contributed by atoms with Crippen molar-refractivity contribution in [1.82, 2.24) is 9.97 Å². The first-order valence-electron chi connectivity index (χ1n) is 6.30. The number of nitrogens with zero attached hydrogens (tertiary/aromatic N) is 2. The molecule has 2 fully saturated rings. The van der Waals surface area contributed by atoms with Gasteiger partial charge >= 0.3 is 0 Å². The van der Waals surface area contributed by atoms with Gasteiger partial charge in [-0.05, 0) is 54.7 Å². The Morgan fingerprint density at radius 1 is 1.24 bits per heavy atom. The van der Waals surface area contributed by atoms with E-state index in [1.165, 1.54) is 32.1 Å². The fraction of sp³-hybridized carbons (Fsp3) is 0.667. The van der Waals surface area contributed by atoms with Crippen molar-refractivity contribution in [3.63, 3.8) is 0 Å². The number of piperidine rings is 1. The van der Waals surface area contributed by atoms with Gasteiger partial charge in [0.25, 0.3) is 5.56 Å². The zero-order valence-electron chi connectivity index (χ0n) is 9.71. The number of aromatic nitrogens is 2. The molecule has 2 aliphatic rings. The minimum Gasteiger partial charge on any atom is -0.342 e. The predicted octanol–water partition coefficient (Wildman–Crippen LogP) is 2.24. The molecule has 4 nitrogen and oxygen atoms in total. The Morgan fingerprint density at radius 2 is 1.94 bits per heavy atom. The molecule has 1 aromatic rings. The first-order chi connectivity index (χ1) is 8.25. The molecule has 0 atom stereocenters. The lowest BCUT2D eigenvalue weighted by atomic mass is 10.1.